The number of nitrogens with zero attached hydrogens (tertiary/aromatic N) is 1. The number of nitrogens with one attached hydrogen (secondary N) is 1. The normalized spacial score (nSPS) is 12.2. The maximum Gasteiger partial charge on any atom is 0.356 e. The summed E-state index contributed by atoms with van der Waals surface area (Å²) in [6.45, 7) is 4.12. The Labute approximate surface area is 99.6 Å². The van der Waals surface area contributed by atoms with Crippen molar-refractivity contribution in [3.63, 3.8) is 0 Å². The Hall–Kier alpha value is -1.29. The monoisotopic (exact) mass is 242 g/mol. The molecule has 0 amide bonds. The third-order valence-corrected chi connectivity index (χ3v) is 2.47. The summed E-state index contributed by atoms with van der Waals surface area (Å²) in [7, 11) is 0. The Balaban J connectivity index is 2.82. The number of carboxylic acids is 1. The van der Waals surface area contributed by atoms with Crippen LogP contribution in [0.25, 0.3) is 0 Å². The molecule has 16 heavy (non-hydrogen) atoms. The van der Waals surface area contributed by atoms with Crippen molar-refractivity contribution < 1.29 is 9.90 Å². The zero-order valence-electron chi connectivity index (χ0n) is 9.33. The summed E-state index contributed by atoms with van der Waals surface area (Å²) in [4.78, 5) is 14.8. The molecule has 0 radical (unpaired) electrons. The minimum Gasteiger partial charge on any atom is -0.476 e. The van der Waals surface area contributed by atoms with Gasteiger partial charge in [-0.25, -0.2) is 9.78 Å². The predicted molar refractivity (Wildman–Crippen MR) is 64.2 cm³/mol. The van der Waals surface area contributed by atoms with E-state index in [1.807, 2.05) is 6.92 Å². The number of carboxylic acid groups (broad SMARTS) is 1. The van der Waals surface area contributed by atoms with Crippen LogP contribution in [0.5, 0.6) is 0 Å². The molecule has 1 heterocycles. The van der Waals surface area contributed by atoms with Crippen molar-refractivity contribution in [1.29, 1.82) is 0 Å². The summed E-state index contributed by atoms with van der Waals surface area (Å²) in [5.74, 6) is -0.570. The van der Waals surface area contributed by atoms with E-state index in [9.17, 15) is 4.79 Å². The summed E-state index contributed by atoms with van der Waals surface area (Å²) < 4.78 is 0. The third-order valence-electron chi connectivity index (χ3n) is 2.16. The summed E-state index contributed by atoms with van der Waals surface area (Å²) in [6.07, 6.45) is 2.07. The first kappa shape index (κ1) is 12.8. The minimum absolute atomic E-state index is 0.115. The highest BCUT2D eigenvalue weighted by Crippen LogP contribution is 2.17. The van der Waals surface area contributed by atoms with Crippen LogP contribution in [0, 0.1) is 0 Å². The van der Waals surface area contributed by atoms with Crippen LogP contribution >= 0.6 is 11.6 Å². The zero-order valence-corrected chi connectivity index (χ0v) is 10.1. The van der Waals surface area contributed by atoms with Crippen LogP contribution in [-0.4, -0.2) is 22.1 Å². The number of carbonyl (C=O) groups is 1. The Morgan fingerprint density at radius 3 is 2.88 bits per heavy atom. The Kier molecular flexibility index (Phi) is 4.55. The molecule has 0 fully saturated rings. The standard InChI is InChI=1S/C11H15ClN2O2/c1-3-4-7(2)13-9-6-5-8(12)10(14-9)11(15)16/h5-7H,3-4H2,1-2H3,(H,13,14)(H,15,16). The molecule has 1 unspecified atom stereocenters. The maximum atomic E-state index is 10.8. The average Bonchev–Trinajstić information content (AvgIpc) is 2.21. The smallest absolute Gasteiger partial charge is 0.356 e. The fraction of sp³-hybridized carbons (Fsp3) is 0.455. The topological polar surface area (TPSA) is 62.2 Å². The number of pyridine rings is 1. The van der Waals surface area contributed by atoms with Gasteiger partial charge in [-0.05, 0) is 25.5 Å². The number of hydrogen-bond donors (Lipinski definition) is 2. The summed E-state index contributed by atoms with van der Waals surface area (Å²) >= 11 is 5.72. The SMILES string of the molecule is CCCC(C)Nc1ccc(Cl)c(C(=O)O)n1. The van der Waals surface area contributed by atoms with Crippen molar-refractivity contribution in [3.05, 3.63) is 22.8 Å². The van der Waals surface area contributed by atoms with E-state index < -0.39 is 5.97 Å². The molecule has 0 aromatic carbocycles. The number of hydrogen-bond acceptors (Lipinski definition) is 3. The highest BCUT2D eigenvalue weighted by molar-refractivity contribution is 6.33. The quantitative estimate of drug-likeness (QED) is 0.833. The van der Waals surface area contributed by atoms with Gasteiger partial charge in [0.2, 0.25) is 0 Å². The second-order valence-corrected chi connectivity index (χ2v) is 4.07. The van der Waals surface area contributed by atoms with E-state index in [2.05, 4.69) is 17.2 Å². The maximum absolute atomic E-state index is 10.8. The largest absolute Gasteiger partial charge is 0.476 e. The van der Waals surface area contributed by atoms with Gasteiger partial charge in [0, 0.05) is 6.04 Å². The van der Waals surface area contributed by atoms with Crippen molar-refractivity contribution in [2.45, 2.75) is 32.7 Å². The van der Waals surface area contributed by atoms with E-state index in [0.29, 0.717) is 5.82 Å². The molecule has 0 saturated carbocycles. The first-order valence-electron chi connectivity index (χ1n) is 5.21. The van der Waals surface area contributed by atoms with E-state index in [-0.39, 0.29) is 16.8 Å². The van der Waals surface area contributed by atoms with Gasteiger partial charge in [-0.15, -0.1) is 0 Å². The van der Waals surface area contributed by atoms with Gasteiger partial charge in [0.1, 0.15) is 5.82 Å². The van der Waals surface area contributed by atoms with Crippen LogP contribution in [0.2, 0.25) is 5.02 Å². The lowest BCUT2D eigenvalue weighted by Crippen LogP contribution is -2.16. The van der Waals surface area contributed by atoms with Crippen molar-refractivity contribution in [2.75, 3.05) is 5.32 Å². The van der Waals surface area contributed by atoms with Gasteiger partial charge in [0.25, 0.3) is 0 Å². The molecule has 1 rings (SSSR count). The van der Waals surface area contributed by atoms with E-state index in [1.165, 1.54) is 0 Å². The second kappa shape index (κ2) is 5.70. The first-order valence-corrected chi connectivity index (χ1v) is 5.58. The van der Waals surface area contributed by atoms with E-state index in [4.69, 9.17) is 16.7 Å². The average molecular weight is 243 g/mol. The lowest BCUT2D eigenvalue weighted by atomic mass is 10.2. The van der Waals surface area contributed by atoms with Gasteiger partial charge in [-0.2, -0.15) is 0 Å². The molecule has 1 atom stereocenters. The zero-order chi connectivity index (χ0) is 12.1. The molecular formula is C11H15ClN2O2. The number of rotatable bonds is 5. The van der Waals surface area contributed by atoms with Crippen LogP contribution in [0.4, 0.5) is 5.82 Å². The van der Waals surface area contributed by atoms with Gasteiger partial charge in [0.05, 0.1) is 5.02 Å². The highest BCUT2D eigenvalue weighted by Gasteiger charge is 2.12. The van der Waals surface area contributed by atoms with Crippen LogP contribution in [0.15, 0.2) is 12.1 Å². The molecule has 5 heteroatoms. The summed E-state index contributed by atoms with van der Waals surface area (Å²) in [5, 5.41) is 12.1. The van der Waals surface area contributed by atoms with Gasteiger partial charge in [-0.1, -0.05) is 24.9 Å². The first-order chi connectivity index (χ1) is 7.54. The lowest BCUT2D eigenvalue weighted by Gasteiger charge is -2.13. The van der Waals surface area contributed by atoms with Crippen LogP contribution in [-0.2, 0) is 0 Å². The van der Waals surface area contributed by atoms with Crippen molar-refractivity contribution >= 4 is 23.4 Å². The van der Waals surface area contributed by atoms with Crippen molar-refractivity contribution in [1.82, 2.24) is 4.98 Å². The highest BCUT2D eigenvalue weighted by atomic mass is 35.5. The summed E-state index contributed by atoms with van der Waals surface area (Å²) in [5.41, 5.74) is -0.115. The number of aromatic carboxylic acids is 1. The molecule has 0 bridgehead atoms. The van der Waals surface area contributed by atoms with Crippen LogP contribution in [0.1, 0.15) is 37.2 Å². The van der Waals surface area contributed by atoms with Crippen LogP contribution in [0.3, 0.4) is 0 Å². The van der Waals surface area contributed by atoms with Gasteiger partial charge in [-0.3, -0.25) is 0 Å². The van der Waals surface area contributed by atoms with Gasteiger partial charge in [0.15, 0.2) is 5.69 Å². The lowest BCUT2D eigenvalue weighted by molar-refractivity contribution is 0.0691. The van der Waals surface area contributed by atoms with Gasteiger partial charge >= 0.3 is 5.97 Å². The van der Waals surface area contributed by atoms with Crippen LogP contribution < -0.4 is 5.32 Å². The fourth-order valence-electron chi connectivity index (χ4n) is 1.43. The fourth-order valence-corrected chi connectivity index (χ4v) is 1.62. The molecule has 0 spiro atoms. The Morgan fingerprint density at radius 2 is 2.31 bits per heavy atom. The van der Waals surface area contributed by atoms with Crippen molar-refractivity contribution in [2.24, 2.45) is 0 Å². The van der Waals surface area contributed by atoms with E-state index in [1.54, 1.807) is 12.1 Å². The van der Waals surface area contributed by atoms with E-state index in [0.717, 1.165) is 12.8 Å². The molecular weight excluding hydrogens is 228 g/mol. The summed E-state index contributed by atoms with van der Waals surface area (Å²) in [6, 6.07) is 3.49. The Bertz CT molecular complexity index is 382. The molecule has 0 saturated heterocycles. The predicted octanol–water partition coefficient (Wildman–Crippen LogP) is 3.03. The molecule has 0 aliphatic carbocycles. The number of aromatic nitrogens is 1. The molecule has 2 N–H and O–H groups in total. The van der Waals surface area contributed by atoms with Gasteiger partial charge < -0.3 is 10.4 Å². The molecule has 1 aromatic heterocycles. The Morgan fingerprint density at radius 1 is 1.62 bits per heavy atom. The molecule has 88 valence electrons. The number of anilines is 1. The van der Waals surface area contributed by atoms with E-state index >= 15 is 0 Å². The molecule has 0 aliphatic rings. The minimum atomic E-state index is -1.11. The third kappa shape index (κ3) is 3.38. The molecule has 4 nitrogen and oxygen atoms in total. The van der Waals surface area contributed by atoms with Crippen molar-refractivity contribution in [3.8, 4) is 0 Å². The molecule has 0 aliphatic heterocycles. The second-order valence-electron chi connectivity index (χ2n) is 3.67. The molecule has 1 aromatic rings. The number of halogens is 1.